The largest absolute Gasteiger partial charge is 0.373 e. The SMILES string of the molecule is Cc1ccc(C(CNCC(=O)c2cccc(S(=O)(=O)N3CC(C)OC(C)C3)c2)N2CCCC2)cc1. The number of carbonyl (C=O) groups is 1. The Morgan fingerprint density at radius 2 is 1.71 bits per heavy atom. The van der Waals surface area contributed by atoms with Crippen molar-refractivity contribution >= 4 is 15.8 Å². The number of likely N-dealkylation sites (tertiary alicyclic amines) is 1. The van der Waals surface area contributed by atoms with Crippen LogP contribution in [0.15, 0.2) is 53.4 Å². The van der Waals surface area contributed by atoms with Gasteiger partial charge < -0.3 is 10.1 Å². The van der Waals surface area contributed by atoms with E-state index in [-0.39, 0.29) is 35.5 Å². The number of aryl methyl sites for hydroxylation is 1. The highest BCUT2D eigenvalue weighted by Gasteiger charge is 2.32. The van der Waals surface area contributed by atoms with Gasteiger partial charge >= 0.3 is 0 Å². The maximum Gasteiger partial charge on any atom is 0.243 e. The molecule has 7 nitrogen and oxygen atoms in total. The van der Waals surface area contributed by atoms with Crippen LogP contribution in [0.3, 0.4) is 0 Å². The lowest BCUT2D eigenvalue weighted by atomic mass is 10.0. The fourth-order valence-corrected chi connectivity index (χ4v) is 6.67. The van der Waals surface area contributed by atoms with Crippen LogP contribution in [0.5, 0.6) is 0 Å². The first-order valence-corrected chi connectivity index (χ1v) is 14.0. The predicted molar refractivity (Wildman–Crippen MR) is 137 cm³/mol. The van der Waals surface area contributed by atoms with E-state index < -0.39 is 10.0 Å². The molecule has 0 amide bonds. The molecule has 4 rings (SSSR count). The lowest BCUT2D eigenvalue weighted by Crippen LogP contribution is -2.48. The Labute approximate surface area is 209 Å². The van der Waals surface area contributed by atoms with Gasteiger partial charge in [0.2, 0.25) is 10.0 Å². The van der Waals surface area contributed by atoms with Gasteiger partial charge in [-0.3, -0.25) is 9.69 Å². The molecule has 0 radical (unpaired) electrons. The predicted octanol–water partition coefficient (Wildman–Crippen LogP) is 3.40. The molecule has 2 aromatic carbocycles. The van der Waals surface area contributed by atoms with Crippen LogP contribution in [0.2, 0.25) is 0 Å². The topological polar surface area (TPSA) is 79.0 Å². The summed E-state index contributed by atoms with van der Waals surface area (Å²) >= 11 is 0. The maximum absolute atomic E-state index is 13.2. The number of sulfonamides is 1. The molecule has 190 valence electrons. The van der Waals surface area contributed by atoms with Crippen LogP contribution in [0, 0.1) is 6.92 Å². The summed E-state index contributed by atoms with van der Waals surface area (Å²) < 4.78 is 33.6. The Hall–Kier alpha value is -2.10. The number of rotatable bonds is 9. The maximum atomic E-state index is 13.2. The Kier molecular flexibility index (Phi) is 8.39. The van der Waals surface area contributed by atoms with E-state index in [4.69, 9.17) is 4.74 Å². The van der Waals surface area contributed by atoms with Crippen molar-refractivity contribution < 1.29 is 17.9 Å². The first-order valence-electron chi connectivity index (χ1n) is 12.5. The van der Waals surface area contributed by atoms with E-state index in [1.807, 2.05) is 13.8 Å². The molecule has 3 unspecified atom stereocenters. The van der Waals surface area contributed by atoms with Crippen molar-refractivity contribution in [3.05, 3.63) is 65.2 Å². The number of Topliss-reactive ketones (excluding diaryl/α,β-unsaturated/α-hetero) is 1. The molecule has 8 heteroatoms. The van der Waals surface area contributed by atoms with Crippen LogP contribution in [0.4, 0.5) is 0 Å². The van der Waals surface area contributed by atoms with Crippen molar-refractivity contribution in [2.75, 3.05) is 39.3 Å². The highest BCUT2D eigenvalue weighted by molar-refractivity contribution is 7.89. The summed E-state index contributed by atoms with van der Waals surface area (Å²) in [4.78, 5) is 15.6. The summed E-state index contributed by atoms with van der Waals surface area (Å²) in [5.41, 5.74) is 2.88. The van der Waals surface area contributed by atoms with Crippen molar-refractivity contribution in [2.45, 2.75) is 56.8 Å². The average Bonchev–Trinajstić information content (AvgIpc) is 3.36. The van der Waals surface area contributed by atoms with Crippen LogP contribution in [-0.2, 0) is 14.8 Å². The van der Waals surface area contributed by atoms with Crippen LogP contribution >= 0.6 is 0 Å². The van der Waals surface area contributed by atoms with Gasteiger partial charge in [0.05, 0.1) is 23.6 Å². The van der Waals surface area contributed by atoms with Crippen molar-refractivity contribution in [1.29, 1.82) is 0 Å². The number of hydrogen-bond donors (Lipinski definition) is 1. The quantitative estimate of drug-likeness (QED) is 0.533. The van der Waals surface area contributed by atoms with Gasteiger partial charge in [-0.05, 0) is 64.4 Å². The Morgan fingerprint density at radius 1 is 1.06 bits per heavy atom. The van der Waals surface area contributed by atoms with Gasteiger partial charge in [-0.25, -0.2) is 8.42 Å². The number of nitrogens with one attached hydrogen (secondary N) is 1. The molecule has 0 aromatic heterocycles. The van der Waals surface area contributed by atoms with E-state index in [1.54, 1.807) is 18.2 Å². The normalized spacial score (nSPS) is 22.8. The molecule has 0 aliphatic carbocycles. The van der Waals surface area contributed by atoms with Gasteiger partial charge in [-0.2, -0.15) is 4.31 Å². The highest BCUT2D eigenvalue weighted by atomic mass is 32.2. The fraction of sp³-hybridized carbons (Fsp3) is 0.519. The third-order valence-corrected chi connectivity index (χ3v) is 8.67. The lowest BCUT2D eigenvalue weighted by molar-refractivity contribution is -0.0440. The molecule has 2 aliphatic heterocycles. The number of morpholine rings is 1. The monoisotopic (exact) mass is 499 g/mol. The van der Waals surface area contributed by atoms with Crippen molar-refractivity contribution in [3.63, 3.8) is 0 Å². The minimum atomic E-state index is -3.69. The van der Waals surface area contributed by atoms with Gasteiger partial charge in [0.1, 0.15) is 0 Å². The van der Waals surface area contributed by atoms with Gasteiger partial charge in [0.15, 0.2) is 5.78 Å². The highest BCUT2D eigenvalue weighted by Crippen LogP contribution is 2.25. The van der Waals surface area contributed by atoms with E-state index in [2.05, 4.69) is 41.4 Å². The summed E-state index contributed by atoms with van der Waals surface area (Å²) in [6, 6.07) is 15.2. The van der Waals surface area contributed by atoms with E-state index in [1.165, 1.54) is 34.3 Å². The number of hydrogen-bond acceptors (Lipinski definition) is 6. The molecule has 35 heavy (non-hydrogen) atoms. The number of ether oxygens (including phenoxy) is 1. The van der Waals surface area contributed by atoms with Crippen LogP contribution < -0.4 is 5.32 Å². The first kappa shape index (κ1) is 26.0. The van der Waals surface area contributed by atoms with Gasteiger partial charge in [-0.1, -0.05) is 42.0 Å². The molecular weight excluding hydrogens is 462 g/mol. The zero-order valence-corrected chi connectivity index (χ0v) is 21.8. The molecule has 2 saturated heterocycles. The van der Waals surface area contributed by atoms with Crippen LogP contribution in [0.1, 0.15) is 54.2 Å². The zero-order valence-electron chi connectivity index (χ0n) is 20.9. The van der Waals surface area contributed by atoms with E-state index in [0.717, 1.165) is 13.1 Å². The number of ketones is 1. The third-order valence-electron chi connectivity index (χ3n) is 6.85. The molecule has 1 N–H and O–H groups in total. The molecule has 0 spiro atoms. The molecule has 0 bridgehead atoms. The second-order valence-corrected chi connectivity index (χ2v) is 11.8. The molecule has 3 atom stereocenters. The van der Waals surface area contributed by atoms with Gasteiger partial charge in [0, 0.05) is 31.2 Å². The molecule has 2 aromatic rings. The summed E-state index contributed by atoms with van der Waals surface area (Å²) in [5.74, 6) is -0.116. The number of carbonyl (C=O) groups excluding carboxylic acids is 1. The molecule has 0 saturated carbocycles. The zero-order chi connectivity index (χ0) is 25.0. The smallest absolute Gasteiger partial charge is 0.243 e. The van der Waals surface area contributed by atoms with Crippen molar-refractivity contribution in [1.82, 2.24) is 14.5 Å². The Morgan fingerprint density at radius 3 is 2.37 bits per heavy atom. The summed E-state index contributed by atoms with van der Waals surface area (Å²) in [5, 5.41) is 3.34. The van der Waals surface area contributed by atoms with Crippen molar-refractivity contribution in [2.24, 2.45) is 0 Å². The molecule has 2 fully saturated rings. The van der Waals surface area contributed by atoms with Gasteiger partial charge in [0.25, 0.3) is 0 Å². The summed E-state index contributed by atoms with van der Waals surface area (Å²) in [7, 11) is -3.69. The minimum Gasteiger partial charge on any atom is -0.373 e. The standard InChI is InChI=1S/C27H37N3O4S/c1-20-9-11-23(12-10-20)26(29-13-4-5-14-29)16-28-17-27(31)24-7-6-8-25(15-24)35(32,33)30-18-21(2)34-22(3)19-30/h6-12,15,21-22,26,28H,4-5,13-14,16-19H2,1-3H3. The fourth-order valence-electron chi connectivity index (χ4n) is 5.03. The lowest BCUT2D eigenvalue weighted by Gasteiger charge is -2.34. The second-order valence-electron chi connectivity index (χ2n) is 9.83. The Bertz CT molecular complexity index is 1100. The van der Waals surface area contributed by atoms with Crippen LogP contribution in [0.25, 0.3) is 0 Å². The van der Waals surface area contributed by atoms with Gasteiger partial charge in [-0.15, -0.1) is 0 Å². The average molecular weight is 500 g/mol. The summed E-state index contributed by atoms with van der Waals surface area (Å²) in [6.07, 6.45) is 2.06. The summed E-state index contributed by atoms with van der Waals surface area (Å²) in [6.45, 7) is 9.39. The van der Waals surface area contributed by atoms with Crippen molar-refractivity contribution in [3.8, 4) is 0 Å². The molecule has 2 heterocycles. The number of nitrogens with zero attached hydrogens (tertiary/aromatic N) is 2. The Balaban J connectivity index is 1.41. The van der Waals surface area contributed by atoms with E-state index >= 15 is 0 Å². The third kappa shape index (κ3) is 6.37. The van der Waals surface area contributed by atoms with Crippen LogP contribution in [-0.4, -0.2) is 74.9 Å². The van der Waals surface area contributed by atoms with E-state index in [0.29, 0.717) is 25.2 Å². The molecular formula is C27H37N3O4S. The first-order chi connectivity index (χ1) is 16.7. The van der Waals surface area contributed by atoms with E-state index in [9.17, 15) is 13.2 Å². The second kappa shape index (κ2) is 11.3. The minimum absolute atomic E-state index is 0.116. The number of benzene rings is 2. The molecule has 2 aliphatic rings.